The Morgan fingerprint density at radius 2 is 1.84 bits per heavy atom. The number of rotatable bonds is 6. The molecule has 1 aliphatic heterocycles. The molecule has 2 aromatic carbocycles. The number of aliphatic hydroxyl groups excluding tert-OH is 2. The van der Waals surface area contributed by atoms with E-state index in [2.05, 4.69) is 5.32 Å². The van der Waals surface area contributed by atoms with Gasteiger partial charge in [0.05, 0.1) is 25.9 Å². The summed E-state index contributed by atoms with van der Waals surface area (Å²) in [5, 5.41) is 22.8. The Labute approximate surface area is 183 Å². The van der Waals surface area contributed by atoms with Crippen LogP contribution < -0.4 is 10.1 Å². The molecule has 0 amide bonds. The van der Waals surface area contributed by atoms with Gasteiger partial charge in [-0.05, 0) is 19.1 Å². The van der Waals surface area contributed by atoms with Gasteiger partial charge in [-0.1, -0.05) is 6.07 Å². The summed E-state index contributed by atoms with van der Waals surface area (Å²) in [5.74, 6) is -4.56. The Morgan fingerprint density at radius 1 is 1.19 bits per heavy atom. The summed E-state index contributed by atoms with van der Waals surface area (Å²) in [6, 6.07) is 5.12. The van der Waals surface area contributed by atoms with E-state index in [9.17, 15) is 31.8 Å². The molecule has 1 fully saturated rings. The van der Waals surface area contributed by atoms with Gasteiger partial charge in [0.25, 0.3) is 0 Å². The molecule has 1 heterocycles. The van der Waals surface area contributed by atoms with E-state index in [1.165, 1.54) is 19.2 Å². The first kappa shape index (κ1) is 24.3. The zero-order valence-corrected chi connectivity index (χ0v) is 18.1. The lowest BCUT2D eigenvalue weighted by molar-refractivity contribution is 0.0216. The molecule has 0 spiro atoms. The van der Waals surface area contributed by atoms with Crippen LogP contribution in [0.1, 0.15) is 18.7 Å². The van der Waals surface area contributed by atoms with Crippen LogP contribution in [0.4, 0.5) is 18.9 Å². The highest BCUT2D eigenvalue weighted by molar-refractivity contribution is 7.89. The highest BCUT2D eigenvalue weighted by Gasteiger charge is 2.33. The van der Waals surface area contributed by atoms with Crippen molar-refractivity contribution in [2.75, 3.05) is 32.1 Å². The summed E-state index contributed by atoms with van der Waals surface area (Å²) in [6.07, 6.45) is -3.08. The van der Waals surface area contributed by atoms with Gasteiger partial charge in [0.2, 0.25) is 10.0 Å². The smallest absolute Gasteiger partial charge is 0.246 e. The number of methoxy groups -OCH3 is 1. The molecule has 12 heteroatoms. The van der Waals surface area contributed by atoms with Gasteiger partial charge in [-0.15, -0.1) is 0 Å². The number of hydrogen-bond donors (Lipinski definition) is 3. The number of nitrogens with zero attached hydrogens (tertiary/aromatic N) is 1. The number of nitrogens with one attached hydrogen (secondary N) is 1. The van der Waals surface area contributed by atoms with Crippen LogP contribution >= 0.6 is 0 Å². The Kier molecular flexibility index (Phi) is 7.30. The number of anilines is 1. The second kappa shape index (κ2) is 9.63. The number of ether oxygens (including phenoxy) is 2. The van der Waals surface area contributed by atoms with Crippen molar-refractivity contribution in [3.05, 3.63) is 53.3 Å². The highest BCUT2D eigenvalue weighted by Crippen LogP contribution is 2.31. The van der Waals surface area contributed by atoms with Crippen LogP contribution in [0.2, 0.25) is 0 Å². The molecule has 3 N–H and O–H groups in total. The van der Waals surface area contributed by atoms with E-state index >= 15 is 0 Å². The minimum atomic E-state index is -4.18. The Balaban J connectivity index is 1.94. The Hall–Kier alpha value is -2.38. The van der Waals surface area contributed by atoms with E-state index in [-0.39, 0.29) is 41.6 Å². The molecule has 3 unspecified atom stereocenters. The third kappa shape index (κ3) is 5.15. The van der Waals surface area contributed by atoms with Crippen molar-refractivity contribution in [1.29, 1.82) is 0 Å². The molecule has 8 nitrogen and oxygen atoms in total. The van der Waals surface area contributed by atoms with Gasteiger partial charge in [0.1, 0.15) is 10.6 Å². The van der Waals surface area contributed by atoms with Gasteiger partial charge in [-0.25, -0.2) is 21.6 Å². The first-order valence-corrected chi connectivity index (χ1v) is 11.0. The van der Waals surface area contributed by atoms with Crippen molar-refractivity contribution in [1.82, 2.24) is 4.31 Å². The van der Waals surface area contributed by atoms with E-state index < -0.39 is 45.9 Å². The molecule has 32 heavy (non-hydrogen) atoms. The van der Waals surface area contributed by atoms with Crippen molar-refractivity contribution >= 4 is 15.7 Å². The Bertz CT molecular complexity index is 1050. The number of aliphatic hydroxyl groups is 2. The lowest BCUT2D eigenvalue weighted by Gasteiger charge is -2.24. The van der Waals surface area contributed by atoms with E-state index in [4.69, 9.17) is 9.47 Å². The first-order valence-electron chi connectivity index (χ1n) is 9.59. The third-order valence-electron chi connectivity index (χ3n) is 4.86. The molecule has 3 atom stereocenters. The molecule has 1 saturated heterocycles. The van der Waals surface area contributed by atoms with Crippen molar-refractivity contribution in [3.8, 4) is 5.75 Å². The second-order valence-electron chi connectivity index (χ2n) is 7.33. The van der Waals surface area contributed by atoms with Crippen LogP contribution in [0.15, 0.2) is 35.2 Å². The maximum Gasteiger partial charge on any atom is 0.246 e. The van der Waals surface area contributed by atoms with Crippen LogP contribution in [0, 0.1) is 17.5 Å². The number of sulfonamides is 1. The molecular formula is C20H23F3N2O6S. The normalized spacial score (nSPS) is 21.1. The van der Waals surface area contributed by atoms with Gasteiger partial charge >= 0.3 is 0 Å². The lowest BCUT2D eigenvalue weighted by atomic mass is 10.1. The van der Waals surface area contributed by atoms with Crippen molar-refractivity contribution in [3.63, 3.8) is 0 Å². The predicted molar refractivity (Wildman–Crippen MR) is 108 cm³/mol. The quantitative estimate of drug-likeness (QED) is 0.432. The molecule has 0 radical (unpaired) electrons. The molecule has 0 aliphatic carbocycles. The number of benzene rings is 2. The summed E-state index contributed by atoms with van der Waals surface area (Å²) in [4.78, 5) is -0.281. The fraction of sp³-hybridized carbons (Fsp3) is 0.400. The van der Waals surface area contributed by atoms with Gasteiger partial charge in [-0.2, -0.15) is 4.31 Å². The van der Waals surface area contributed by atoms with Crippen LogP contribution in [0.25, 0.3) is 0 Å². The molecule has 3 rings (SSSR count). The highest BCUT2D eigenvalue weighted by atomic mass is 32.2. The topological polar surface area (TPSA) is 108 Å². The SMILES string of the molecule is COc1ccc(C(O)Nc2cc(F)c(F)c(F)c2)cc1S(=O)(=O)N1CC(O)COC(C)C1. The summed E-state index contributed by atoms with van der Waals surface area (Å²) < 4.78 is 78.2. The van der Waals surface area contributed by atoms with Crippen molar-refractivity contribution in [2.24, 2.45) is 0 Å². The fourth-order valence-electron chi connectivity index (χ4n) is 3.26. The Morgan fingerprint density at radius 3 is 2.47 bits per heavy atom. The van der Waals surface area contributed by atoms with E-state index in [0.717, 1.165) is 10.4 Å². The average Bonchev–Trinajstić information content (AvgIpc) is 2.92. The average molecular weight is 476 g/mol. The van der Waals surface area contributed by atoms with Crippen LogP contribution in [0.5, 0.6) is 5.75 Å². The summed E-state index contributed by atoms with van der Waals surface area (Å²) in [7, 11) is -2.91. The van der Waals surface area contributed by atoms with Crippen molar-refractivity contribution in [2.45, 2.75) is 30.3 Å². The summed E-state index contributed by atoms with van der Waals surface area (Å²) in [5.41, 5.74) is -0.218. The number of hydrogen-bond acceptors (Lipinski definition) is 7. The molecule has 0 saturated carbocycles. The van der Waals surface area contributed by atoms with Crippen molar-refractivity contribution < 1.29 is 41.3 Å². The number of halogens is 3. The second-order valence-corrected chi connectivity index (χ2v) is 9.24. The monoisotopic (exact) mass is 476 g/mol. The predicted octanol–water partition coefficient (Wildman–Crippen LogP) is 1.99. The fourth-order valence-corrected chi connectivity index (χ4v) is 5.00. The zero-order chi connectivity index (χ0) is 23.6. The molecular weight excluding hydrogens is 453 g/mol. The summed E-state index contributed by atoms with van der Waals surface area (Å²) in [6.45, 7) is 1.44. The molecule has 1 aliphatic rings. The largest absolute Gasteiger partial charge is 0.495 e. The van der Waals surface area contributed by atoms with Gasteiger partial charge in [0.15, 0.2) is 23.7 Å². The minimum Gasteiger partial charge on any atom is -0.495 e. The number of β-amino-alcohol motifs (C(OH)–C–C–N with tert-alkyl or cyclic N) is 1. The minimum absolute atomic E-state index is 0.00729. The lowest BCUT2D eigenvalue weighted by Crippen LogP contribution is -2.39. The summed E-state index contributed by atoms with van der Waals surface area (Å²) >= 11 is 0. The third-order valence-corrected chi connectivity index (χ3v) is 6.71. The van der Waals surface area contributed by atoms with Crippen LogP contribution in [-0.2, 0) is 14.8 Å². The molecule has 0 bridgehead atoms. The van der Waals surface area contributed by atoms with E-state index in [0.29, 0.717) is 12.1 Å². The van der Waals surface area contributed by atoms with Crippen LogP contribution in [-0.4, -0.2) is 62.0 Å². The molecule has 2 aromatic rings. The van der Waals surface area contributed by atoms with Gasteiger partial charge in [-0.3, -0.25) is 0 Å². The molecule has 176 valence electrons. The van der Waals surface area contributed by atoms with Gasteiger partial charge in [0, 0.05) is 36.5 Å². The zero-order valence-electron chi connectivity index (χ0n) is 17.3. The standard InChI is InChI=1S/C20H23F3N2O6S/c1-11-8-25(9-14(26)10-31-11)32(28,29)18-5-12(3-4-17(18)30-2)20(27)24-13-6-15(21)19(23)16(22)7-13/h3-7,11,14,20,24,26-27H,8-10H2,1-2H3. The van der Waals surface area contributed by atoms with E-state index in [1.807, 2.05) is 0 Å². The molecule has 0 aromatic heterocycles. The first-order chi connectivity index (χ1) is 15.0. The van der Waals surface area contributed by atoms with E-state index in [1.54, 1.807) is 6.92 Å². The van der Waals surface area contributed by atoms with Crippen LogP contribution in [0.3, 0.4) is 0 Å². The maximum absolute atomic E-state index is 13.4. The van der Waals surface area contributed by atoms with Gasteiger partial charge < -0.3 is 25.0 Å². The maximum atomic E-state index is 13.4.